The van der Waals surface area contributed by atoms with Crippen LogP contribution in [0.5, 0.6) is 0 Å². The van der Waals surface area contributed by atoms with Gasteiger partial charge in [0.05, 0.1) is 24.5 Å². The van der Waals surface area contributed by atoms with Crippen LogP contribution < -0.4 is 10.6 Å². The van der Waals surface area contributed by atoms with E-state index in [9.17, 15) is 4.79 Å². The molecule has 3 rings (SSSR count). The molecule has 22 heavy (non-hydrogen) atoms. The largest absolute Gasteiger partial charge is 0.467 e. The predicted octanol–water partition coefficient (Wildman–Crippen LogP) is 1.59. The van der Waals surface area contributed by atoms with E-state index in [4.69, 9.17) is 9.15 Å². The van der Waals surface area contributed by atoms with E-state index in [2.05, 4.69) is 20.6 Å². The molecule has 0 spiro atoms. The lowest BCUT2D eigenvalue weighted by Gasteiger charge is -2.10. The lowest BCUT2D eigenvalue weighted by atomic mass is 10.2. The van der Waals surface area contributed by atoms with E-state index < -0.39 is 0 Å². The molecule has 0 bridgehead atoms. The molecular formula is C15H18N4O3. The first-order chi connectivity index (χ1) is 10.8. The number of carbonyl (C=O) groups excluding carboxylic acids is 1. The van der Waals surface area contributed by atoms with Gasteiger partial charge in [0.15, 0.2) is 0 Å². The summed E-state index contributed by atoms with van der Waals surface area (Å²) in [4.78, 5) is 20.2. The third kappa shape index (κ3) is 3.82. The standard InChI is InChI=1S/C15H18N4O3/c20-14(16-9-12-3-1-5-21-12)11-7-17-15(18-8-11)19-10-13-4-2-6-22-13/h1,3,5,7-8,13H,2,4,6,9-10H2,(H,16,20)(H,17,18,19). The fourth-order valence-electron chi connectivity index (χ4n) is 2.23. The van der Waals surface area contributed by atoms with Gasteiger partial charge in [-0.2, -0.15) is 0 Å². The molecule has 7 nitrogen and oxygen atoms in total. The zero-order valence-electron chi connectivity index (χ0n) is 12.1. The second-order valence-corrected chi connectivity index (χ2v) is 5.07. The van der Waals surface area contributed by atoms with Gasteiger partial charge in [-0.25, -0.2) is 9.97 Å². The van der Waals surface area contributed by atoms with Gasteiger partial charge in [-0.1, -0.05) is 0 Å². The first kappa shape index (κ1) is 14.5. The molecule has 1 saturated heterocycles. The lowest BCUT2D eigenvalue weighted by Crippen LogP contribution is -2.23. The van der Waals surface area contributed by atoms with E-state index in [0.29, 0.717) is 30.4 Å². The van der Waals surface area contributed by atoms with Gasteiger partial charge in [-0.15, -0.1) is 0 Å². The van der Waals surface area contributed by atoms with Crippen molar-refractivity contribution in [1.82, 2.24) is 15.3 Å². The van der Waals surface area contributed by atoms with Gasteiger partial charge in [-0.05, 0) is 25.0 Å². The summed E-state index contributed by atoms with van der Waals surface area (Å²) in [6.45, 7) is 1.84. The summed E-state index contributed by atoms with van der Waals surface area (Å²) in [7, 11) is 0. The van der Waals surface area contributed by atoms with Crippen molar-refractivity contribution in [3.05, 3.63) is 42.1 Å². The molecule has 0 aliphatic carbocycles. The van der Waals surface area contributed by atoms with Crippen molar-refractivity contribution in [2.24, 2.45) is 0 Å². The highest BCUT2D eigenvalue weighted by molar-refractivity contribution is 5.93. The minimum absolute atomic E-state index is 0.222. The Morgan fingerprint density at radius 3 is 2.91 bits per heavy atom. The van der Waals surface area contributed by atoms with Gasteiger partial charge in [0.2, 0.25) is 5.95 Å². The highest BCUT2D eigenvalue weighted by Crippen LogP contribution is 2.12. The summed E-state index contributed by atoms with van der Waals surface area (Å²) < 4.78 is 10.7. The van der Waals surface area contributed by atoms with E-state index in [1.807, 2.05) is 0 Å². The molecule has 2 N–H and O–H groups in total. The molecule has 2 aromatic rings. The molecule has 116 valence electrons. The Morgan fingerprint density at radius 2 is 2.23 bits per heavy atom. The SMILES string of the molecule is O=C(NCc1ccco1)c1cnc(NCC2CCCO2)nc1. The molecule has 1 fully saturated rings. The molecule has 0 saturated carbocycles. The minimum atomic E-state index is -0.234. The maximum absolute atomic E-state index is 11.9. The molecule has 1 amide bonds. The van der Waals surface area contributed by atoms with Crippen molar-refractivity contribution >= 4 is 11.9 Å². The van der Waals surface area contributed by atoms with Gasteiger partial charge >= 0.3 is 0 Å². The smallest absolute Gasteiger partial charge is 0.254 e. The Morgan fingerprint density at radius 1 is 1.36 bits per heavy atom. The van der Waals surface area contributed by atoms with Crippen LogP contribution in [-0.2, 0) is 11.3 Å². The summed E-state index contributed by atoms with van der Waals surface area (Å²) in [6, 6.07) is 3.58. The Kier molecular flexibility index (Phi) is 4.65. The molecule has 0 aromatic carbocycles. The summed E-state index contributed by atoms with van der Waals surface area (Å²) in [5.74, 6) is 0.962. The summed E-state index contributed by atoms with van der Waals surface area (Å²) >= 11 is 0. The van der Waals surface area contributed by atoms with E-state index in [0.717, 1.165) is 19.4 Å². The highest BCUT2D eigenvalue weighted by Gasteiger charge is 2.15. The molecule has 1 atom stereocenters. The first-order valence-corrected chi connectivity index (χ1v) is 7.29. The summed E-state index contributed by atoms with van der Waals surface area (Å²) in [5.41, 5.74) is 0.411. The zero-order chi connectivity index (χ0) is 15.2. The number of nitrogens with one attached hydrogen (secondary N) is 2. The molecule has 1 aliphatic rings. The number of rotatable bonds is 6. The van der Waals surface area contributed by atoms with Gasteiger partial charge in [0, 0.05) is 25.5 Å². The quantitative estimate of drug-likeness (QED) is 0.842. The highest BCUT2D eigenvalue weighted by atomic mass is 16.5. The van der Waals surface area contributed by atoms with Gasteiger partial charge in [0.25, 0.3) is 5.91 Å². The molecule has 1 unspecified atom stereocenters. The van der Waals surface area contributed by atoms with E-state index >= 15 is 0 Å². The zero-order valence-corrected chi connectivity index (χ0v) is 12.1. The number of nitrogens with zero attached hydrogens (tertiary/aromatic N) is 2. The van der Waals surface area contributed by atoms with Crippen molar-refractivity contribution in [3.8, 4) is 0 Å². The third-order valence-electron chi connectivity index (χ3n) is 3.43. The molecular weight excluding hydrogens is 284 g/mol. The predicted molar refractivity (Wildman–Crippen MR) is 79.4 cm³/mol. The van der Waals surface area contributed by atoms with Crippen LogP contribution in [0.1, 0.15) is 29.0 Å². The van der Waals surface area contributed by atoms with Crippen molar-refractivity contribution in [2.45, 2.75) is 25.5 Å². The summed E-state index contributed by atoms with van der Waals surface area (Å²) in [6.07, 6.45) is 6.95. The normalized spacial score (nSPS) is 17.4. The minimum Gasteiger partial charge on any atom is -0.467 e. The van der Waals surface area contributed by atoms with Crippen LogP contribution in [0, 0.1) is 0 Å². The number of furan rings is 1. The molecule has 7 heteroatoms. The van der Waals surface area contributed by atoms with Crippen LogP contribution in [0.15, 0.2) is 35.2 Å². The maximum atomic E-state index is 11.9. The van der Waals surface area contributed by atoms with E-state index in [1.54, 1.807) is 18.4 Å². The van der Waals surface area contributed by atoms with Crippen LogP contribution >= 0.6 is 0 Å². The van der Waals surface area contributed by atoms with Gasteiger partial charge < -0.3 is 19.8 Å². The molecule has 2 aromatic heterocycles. The van der Waals surface area contributed by atoms with Gasteiger partial charge in [-0.3, -0.25) is 4.79 Å². The number of carbonyl (C=O) groups is 1. The molecule has 3 heterocycles. The Hall–Kier alpha value is -2.41. The third-order valence-corrected chi connectivity index (χ3v) is 3.43. The maximum Gasteiger partial charge on any atom is 0.254 e. The van der Waals surface area contributed by atoms with Crippen molar-refractivity contribution in [3.63, 3.8) is 0 Å². The second-order valence-electron chi connectivity index (χ2n) is 5.07. The van der Waals surface area contributed by atoms with Crippen LogP contribution in [0.4, 0.5) is 5.95 Å². The number of hydrogen-bond donors (Lipinski definition) is 2. The fourth-order valence-corrected chi connectivity index (χ4v) is 2.23. The molecule has 0 radical (unpaired) electrons. The Balaban J connectivity index is 1.48. The van der Waals surface area contributed by atoms with E-state index in [1.165, 1.54) is 12.4 Å². The van der Waals surface area contributed by atoms with Crippen molar-refractivity contribution < 1.29 is 13.9 Å². The topological polar surface area (TPSA) is 89.3 Å². The molecule has 1 aliphatic heterocycles. The van der Waals surface area contributed by atoms with Crippen molar-refractivity contribution in [2.75, 3.05) is 18.5 Å². The van der Waals surface area contributed by atoms with Crippen LogP contribution in [0.25, 0.3) is 0 Å². The number of ether oxygens (including phenoxy) is 1. The first-order valence-electron chi connectivity index (χ1n) is 7.29. The number of amides is 1. The average molecular weight is 302 g/mol. The number of anilines is 1. The van der Waals surface area contributed by atoms with Gasteiger partial charge in [0.1, 0.15) is 5.76 Å². The van der Waals surface area contributed by atoms with E-state index in [-0.39, 0.29) is 12.0 Å². The monoisotopic (exact) mass is 302 g/mol. The van der Waals surface area contributed by atoms with Crippen LogP contribution in [-0.4, -0.2) is 35.1 Å². The Bertz CT molecular complexity index is 592. The lowest BCUT2D eigenvalue weighted by molar-refractivity contribution is 0.0947. The second kappa shape index (κ2) is 7.04. The number of hydrogen-bond acceptors (Lipinski definition) is 6. The van der Waals surface area contributed by atoms with Crippen molar-refractivity contribution in [1.29, 1.82) is 0 Å². The summed E-state index contributed by atoms with van der Waals surface area (Å²) in [5, 5.41) is 5.86. The van der Waals surface area contributed by atoms with Crippen LogP contribution in [0.3, 0.4) is 0 Å². The van der Waals surface area contributed by atoms with Crippen LogP contribution in [0.2, 0.25) is 0 Å². The fraction of sp³-hybridized carbons (Fsp3) is 0.400. The number of aromatic nitrogens is 2. The average Bonchev–Trinajstić information content (AvgIpc) is 3.24. The Labute approximate surface area is 128 Å².